The van der Waals surface area contributed by atoms with Crippen molar-refractivity contribution in [1.82, 2.24) is 15.1 Å². The van der Waals surface area contributed by atoms with Gasteiger partial charge in [-0.2, -0.15) is 5.10 Å². The molecular weight excluding hydrogens is 266 g/mol. The minimum absolute atomic E-state index is 0.697. The van der Waals surface area contributed by atoms with Gasteiger partial charge in [0.05, 0.1) is 20.4 Å². The SMILES string of the molecule is COc1ccc(-n2ncc(CNC3CC3)c2C)c(OC)c1. The summed E-state index contributed by atoms with van der Waals surface area (Å²) < 4.78 is 12.6. The number of aromatic nitrogens is 2. The van der Waals surface area contributed by atoms with Crippen LogP contribution in [-0.2, 0) is 6.54 Å². The Morgan fingerprint density at radius 2 is 2.10 bits per heavy atom. The van der Waals surface area contributed by atoms with Gasteiger partial charge in [-0.05, 0) is 31.9 Å². The van der Waals surface area contributed by atoms with E-state index >= 15 is 0 Å². The molecule has 1 aromatic heterocycles. The molecule has 0 atom stereocenters. The van der Waals surface area contributed by atoms with Crippen LogP contribution < -0.4 is 14.8 Å². The van der Waals surface area contributed by atoms with E-state index in [1.807, 2.05) is 29.1 Å². The molecule has 2 aromatic rings. The molecule has 21 heavy (non-hydrogen) atoms. The number of benzene rings is 1. The molecule has 0 amide bonds. The molecule has 1 saturated carbocycles. The van der Waals surface area contributed by atoms with E-state index in [2.05, 4.69) is 17.3 Å². The third-order valence-corrected chi connectivity index (χ3v) is 3.89. The zero-order valence-electron chi connectivity index (χ0n) is 12.7. The van der Waals surface area contributed by atoms with Gasteiger partial charge in [-0.1, -0.05) is 0 Å². The first-order valence-electron chi connectivity index (χ1n) is 7.22. The molecular formula is C16H21N3O2. The summed E-state index contributed by atoms with van der Waals surface area (Å²) in [6, 6.07) is 6.46. The zero-order chi connectivity index (χ0) is 14.8. The van der Waals surface area contributed by atoms with Crippen LogP contribution in [0.4, 0.5) is 0 Å². The van der Waals surface area contributed by atoms with Crippen molar-refractivity contribution in [1.29, 1.82) is 0 Å². The predicted octanol–water partition coefficient (Wildman–Crippen LogP) is 2.45. The Labute approximate surface area is 124 Å². The molecule has 3 rings (SSSR count). The lowest BCUT2D eigenvalue weighted by Gasteiger charge is -2.12. The summed E-state index contributed by atoms with van der Waals surface area (Å²) in [5, 5.41) is 8.03. The van der Waals surface area contributed by atoms with E-state index in [-0.39, 0.29) is 0 Å². The van der Waals surface area contributed by atoms with E-state index in [0.29, 0.717) is 6.04 Å². The Morgan fingerprint density at radius 1 is 1.29 bits per heavy atom. The highest BCUT2D eigenvalue weighted by atomic mass is 16.5. The van der Waals surface area contributed by atoms with Crippen LogP contribution in [-0.4, -0.2) is 30.0 Å². The van der Waals surface area contributed by atoms with E-state index in [1.165, 1.54) is 18.4 Å². The number of methoxy groups -OCH3 is 2. The predicted molar refractivity (Wildman–Crippen MR) is 81.3 cm³/mol. The van der Waals surface area contributed by atoms with Crippen LogP contribution in [0.25, 0.3) is 5.69 Å². The van der Waals surface area contributed by atoms with Crippen molar-refractivity contribution in [2.75, 3.05) is 14.2 Å². The lowest BCUT2D eigenvalue weighted by atomic mass is 10.2. The van der Waals surface area contributed by atoms with Gasteiger partial charge in [0.1, 0.15) is 17.2 Å². The van der Waals surface area contributed by atoms with Crippen molar-refractivity contribution < 1.29 is 9.47 Å². The molecule has 1 aliphatic rings. The maximum Gasteiger partial charge on any atom is 0.148 e. The molecule has 1 fully saturated rings. The van der Waals surface area contributed by atoms with Crippen molar-refractivity contribution in [3.05, 3.63) is 35.7 Å². The molecule has 5 nitrogen and oxygen atoms in total. The lowest BCUT2D eigenvalue weighted by Crippen LogP contribution is -2.15. The zero-order valence-corrected chi connectivity index (χ0v) is 12.7. The van der Waals surface area contributed by atoms with Crippen molar-refractivity contribution in [2.24, 2.45) is 0 Å². The van der Waals surface area contributed by atoms with Crippen molar-refractivity contribution in [3.63, 3.8) is 0 Å². The van der Waals surface area contributed by atoms with E-state index in [1.54, 1.807) is 14.2 Å². The minimum Gasteiger partial charge on any atom is -0.497 e. The van der Waals surface area contributed by atoms with Crippen molar-refractivity contribution >= 4 is 0 Å². The molecule has 5 heteroatoms. The quantitative estimate of drug-likeness (QED) is 0.886. The Hall–Kier alpha value is -2.01. The summed E-state index contributed by atoms with van der Waals surface area (Å²) in [5.74, 6) is 1.53. The van der Waals surface area contributed by atoms with Crippen LogP contribution in [0.2, 0.25) is 0 Å². The highest BCUT2D eigenvalue weighted by Gasteiger charge is 2.21. The third kappa shape index (κ3) is 2.88. The average molecular weight is 287 g/mol. The second kappa shape index (κ2) is 5.77. The van der Waals surface area contributed by atoms with Crippen LogP contribution in [0.15, 0.2) is 24.4 Å². The summed E-state index contributed by atoms with van der Waals surface area (Å²) >= 11 is 0. The topological polar surface area (TPSA) is 48.3 Å². The molecule has 0 spiro atoms. The molecule has 0 radical (unpaired) electrons. The molecule has 0 aliphatic heterocycles. The largest absolute Gasteiger partial charge is 0.497 e. The standard InChI is InChI=1S/C16H21N3O2/c1-11-12(9-17-13-4-5-13)10-18-19(11)15-7-6-14(20-2)8-16(15)21-3/h6-8,10,13,17H,4-5,9H2,1-3H3. The number of ether oxygens (including phenoxy) is 2. The number of hydrogen-bond acceptors (Lipinski definition) is 4. The third-order valence-electron chi connectivity index (χ3n) is 3.89. The van der Waals surface area contributed by atoms with Gasteiger partial charge in [0.15, 0.2) is 0 Å². The van der Waals surface area contributed by atoms with Gasteiger partial charge in [0.25, 0.3) is 0 Å². The summed E-state index contributed by atoms with van der Waals surface area (Å²) in [5.41, 5.74) is 3.28. The molecule has 0 bridgehead atoms. The maximum atomic E-state index is 5.46. The fourth-order valence-electron chi connectivity index (χ4n) is 2.36. The smallest absolute Gasteiger partial charge is 0.148 e. The van der Waals surface area contributed by atoms with E-state index in [0.717, 1.165) is 29.4 Å². The number of rotatable bonds is 6. The number of hydrogen-bond donors (Lipinski definition) is 1. The second-order valence-corrected chi connectivity index (χ2v) is 5.36. The highest BCUT2D eigenvalue weighted by Crippen LogP contribution is 2.29. The van der Waals surface area contributed by atoms with Gasteiger partial charge >= 0.3 is 0 Å². The first-order chi connectivity index (χ1) is 10.2. The average Bonchev–Trinajstić information content (AvgIpc) is 3.28. The highest BCUT2D eigenvalue weighted by molar-refractivity contribution is 5.51. The van der Waals surface area contributed by atoms with Gasteiger partial charge in [0, 0.05) is 29.9 Å². The molecule has 112 valence electrons. The summed E-state index contributed by atoms with van der Waals surface area (Å²) in [7, 11) is 3.31. The Morgan fingerprint density at radius 3 is 2.76 bits per heavy atom. The van der Waals surface area contributed by atoms with Crippen LogP contribution in [0.5, 0.6) is 11.5 Å². The molecule has 1 N–H and O–H groups in total. The molecule has 1 heterocycles. The van der Waals surface area contributed by atoms with E-state index in [4.69, 9.17) is 9.47 Å². The summed E-state index contributed by atoms with van der Waals surface area (Å²) in [4.78, 5) is 0. The normalized spacial score (nSPS) is 14.2. The van der Waals surface area contributed by atoms with Gasteiger partial charge in [-0.15, -0.1) is 0 Å². The molecule has 1 aliphatic carbocycles. The monoisotopic (exact) mass is 287 g/mol. The maximum absolute atomic E-state index is 5.46. The van der Waals surface area contributed by atoms with Crippen LogP contribution in [0.3, 0.4) is 0 Å². The van der Waals surface area contributed by atoms with Gasteiger partial charge in [-0.3, -0.25) is 0 Å². The van der Waals surface area contributed by atoms with Gasteiger partial charge in [-0.25, -0.2) is 4.68 Å². The van der Waals surface area contributed by atoms with Gasteiger partial charge in [0.2, 0.25) is 0 Å². The summed E-state index contributed by atoms with van der Waals surface area (Å²) in [6.07, 6.45) is 4.51. The van der Waals surface area contributed by atoms with Crippen molar-refractivity contribution in [3.8, 4) is 17.2 Å². The van der Waals surface area contributed by atoms with E-state index in [9.17, 15) is 0 Å². The Kier molecular flexibility index (Phi) is 3.84. The molecule has 1 aromatic carbocycles. The van der Waals surface area contributed by atoms with Crippen LogP contribution in [0, 0.1) is 6.92 Å². The van der Waals surface area contributed by atoms with Gasteiger partial charge < -0.3 is 14.8 Å². The molecule has 0 saturated heterocycles. The van der Waals surface area contributed by atoms with E-state index < -0.39 is 0 Å². The minimum atomic E-state index is 0.697. The fraction of sp³-hybridized carbons (Fsp3) is 0.438. The first-order valence-corrected chi connectivity index (χ1v) is 7.22. The summed E-state index contributed by atoms with van der Waals surface area (Å²) in [6.45, 7) is 2.95. The number of nitrogens with one attached hydrogen (secondary N) is 1. The lowest BCUT2D eigenvalue weighted by molar-refractivity contribution is 0.392. The Balaban J connectivity index is 1.88. The first kappa shape index (κ1) is 13.9. The van der Waals surface area contributed by atoms with Crippen LogP contribution in [0.1, 0.15) is 24.1 Å². The van der Waals surface area contributed by atoms with Crippen LogP contribution >= 0.6 is 0 Å². The Bertz CT molecular complexity index is 632. The number of nitrogens with zero attached hydrogens (tertiary/aromatic N) is 2. The van der Waals surface area contributed by atoms with Crippen molar-refractivity contribution in [2.45, 2.75) is 32.4 Å². The second-order valence-electron chi connectivity index (χ2n) is 5.36. The molecule has 0 unspecified atom stereocenters. The fourth-order valence-corrected chi connectivity index (χ4v) is 2.36.